The van der Waals surface area contributed by atoms with Gasteiger partial charge in [-0.1, -0.05) is 13.8 Å². The van der Waals surface area contributed by atoms with Gasteiger partial charge >= 0.3 is 0 Å². The van der Waals surface area contributed by atoms with Gasteiger partial charge in [-0.15, -0.1) is 23.7 Å². The lowest BCUT2D eigenvalue weighted by Crippen LogP contribution is -2.27. The van der Waals surface area contributed by atoms with Crippen LogP contribution in [-0.4, -0.2) is 37.4 Å². The van der Waals surface area contributed by atoms with Crippen LogP contribution in [0.25, 0.3) is 0 Å². The van der Waals surface area contributed by atoms with E-state index in [2.05, 4.69) is 18.7 Å². The molecule has 1 rings (SSSR count). The summed E-state index contributed by atoms with van der Waals surface area (Å²) < 4.78 is 5.53. The van der Waals surface area contributed by atoms with Crippen molar-refractivity contribution in [3.05, 3.63) is 16.3 Å². The first-order chi connectivity index (χ1) is 7.30. The van der Waals surface area contributed by atoms with Crippen LogP contribution in [0.4, 0.5) is 0 Å². The molecule has 0 aliphatic rings. The molecule has 5 heteroatoms. The Bertz CT molecular complexity index is 300. The van der Waals surface area contributed by atoms with Crippen molar-refractivity contribution in [3.63, 3.8) is 0 Å². The highest BCUT2D eigenvalue weighted by molar-refractivity contribution is 7.11. The van der Waals surface area contributed by atoms with E-state index in [0.29, 0.717) is 11.5 Å². The highest BCUT2D eigenvalue weighted by Crippen LogP contribution is 2.19. The van der Waals surface area contributed by atoms with Crippen molar-refractivity contribution in [1.82, 2.24) is 4.90 Å². The molecule has 1 aromatic rings. The van der Waals surface area contributed by atoms with Gasteiger partial charge in [-0.2, -0.15) is 0 Å². The minimum Gasteiger partial charge on any atom is -0.491 e. The Morgan fingerprint density at radius 3 is 2.62 bits per heavy atom. The third-order valence-electron chi connectivity index (χ3n) is 2.28. The number of hydrogen-bond donors (Lipinski definition) is 0. The summed E-state index contributed by atoms with van der Waals surface area (Å²) in [7, 11) is 0. The Hall–Kier alpha value is -0.580. The van der Waals surface area contributed by atoms with Gasteiger partial charge in [0.2, 0.25) is 0 Å². The summed E-state index contributed by atoms with van der Waals surface area (Å²) in [6, 6.07) is 1.78. The molecule has 0 unspecified atom stereocenters. The van der Waals surface area contributed by atoms with Crippen LogP contribution in [0.3, 0.4) is 0 Å². The van der Waals surface area contributed by atoms with Gasteiger partial charge in [0.05, 0.1) is 4.88 Å². The van der Waals surface area contributed by atoms with Crippen molar-refractivity contribution in [3.8, 4) is 5.75 Å². The van der Waals surface area contributed by atoms with Crippen LogP contribution in [0.1, 0.15) is 23.5 Å². The number of ether oxygens (including phenoxy) is 1. The fraction of sp³-hybridized carbons (Fsp3) is 0.545. The molecule has 0 N–H and O–H groups in total. The largest absolute Gasteiger partial charge is 0.491 e. The predicted octanol–water partition coefficient (Wildman–Crippen LogP) is 2.70. The molecule has 92 valence electrons. The predicted molar refractivity (Wildman–Crippen MR) is 70.2 cm³/mol. The second-order valence-electron chi connectivity index (χ2n) is 3.18. The smallest absolute Gasteiger partial charge is 0.160 e. The van der Waals surface area contributed by atoms with E-state index in [1.807, 2.05) is 5.38 Å². The van der Waals surface area contributed by atoms with Crippen molar-refractivity contribution >= 4 is 30.0 Å². The number of rotatable bonds is 7. The molecular weight excluding hydrogens is 246 g/mol. The fourth-order valence-corrected chi connectivity index (χ4v) is 1.93. The van der Waals surface area contributed by atoms with Crippen LogP contribution in [0, 0.1) is 0 Å². The minimum atomic E-state index is 0. The van der Waals surface area contributed by atoms with E-state index in [0.717, 1.165) is 31.7 Å². The van der Waals surface area contributed by atoms with Crippen molar-refractivity contribution < 1.29 is 9.53 Å². The summed E-state index contributed by atoms with van der Waals surface area (Å²) in [6.45, 7) is 7.97. The summed E-state index contributed by atoms with van der Waals surface area (Å²) in [4.78, 5) is 13.5. The number of thiophene rings is 1. The zero-order valence-electron chi connectivity index (χ0n) is 9.64. The lowest BCUT2D eigenvalue weighted by molar-refractivity contribution is 0.112. The van der Waals surface area contributed by atoms with Gasteiger partial charge in [0.1, 0.15) is 12.4 Å². The standard InChI is InChI=1S/C11H17NO2S.ClH/c1-3-12(4-2)5-6-14-10-7-11(8-13)15-9-10;/h7-9H,3-6H2,1-2H3;1H. The molecule has 3 nitrogen and oxygen atoms in total. The van der Waals surface area contributed by atoms with E-state index < -0.39 is 0 Å². The van der Waals surface area contributed by atoms with Gasteiger partial charge < -0.3 is 9.64 Å². The molecule has 0 aliphatic heterocycles. The van der Waals surface area contributed by atoms with E-state index in [-0.39, 0.29) is 12.4 Å². The molecule has 0 aromatic carbocycles. The molecule has 0 fully saturated rings. The molecule has 16 heavy (non-hydrogen) atoms. The Morgan fingerprint density at radius 2 is 2.12 bits per heavy atom. The van der Waals surface area contributed by atoms with Crippen molar-refractivity contribution in [2.75, 3.05) is 26.2 Å². The third-order valence-corrected chi connectivity index (χ3v) is 3.12. The van der Waals surface area contributed by atoms with Crippen LogP contribution in [0.2, 0.25) is 0 Å². The Balaban J connectivity index is 0.00000225. The quantitative estimate of drug-likeness (QED) is 0.709. The first-order valence-electron chi connectivity index (χ1n) is 5.19. The van der Waals surface area contributed by atoms with Gasteiger partial charge in [-0.05, 0) is 13.1 Å². The number of carbonyl (C=O) groups excluding carboxylic acids is 1. The molecule has 0 bridgehead atoms. The average molecular weight is 264 g/mol. The van der Waals surface area contributed by atoms with Gasteiger partial charge in [0, 0.05) is 18.0 Å². The Kier molecular flexibility index (Phi) is 8.25. The van der Waals surface area contributed by atoms with Crippen molar-refractivity contribution in [2.45, 2.75) is 13.8 Å². The number of hydrogen-bond acceptors (Lipinski definition) is 4. The van der Waals surface area contributed by atoms with Crippen LogP contribution in [-0.2, 0) is 0 Å². The molecule has 0 spiro atoms. The van der Waals surface area contributed by atoms with E-state index >= 15 is 0 Å². The summed E-state index contributed by atoms with van der Waals surface area (Å²) in [5, 5.41) is 1.87. The topological polar surface area (TPSA) is 29.5 Å². The van der Waals surface area contributed by atoms with Crippen molar-refractivity contribution in [1.29, 1.82) is 0 Å². The maximum atomic E-state index is 10.4. The SMILES string of the molecule is CCN(CC)CCOc1csc(C=O)c1.Cl. The van der Waals surface area contributed by atoms with Crippen LogP contribution in [0.15, 0.2) is 11.4 Å². The fourth-order valence-electron chi connectivity index (χ4n) is 1.30. The van der Waals surface area contributed by atoms with E-state index in [1.165, 1.54) is 11.3 Å². The summed E-state index contributed by atoms with van der Waals surface area (Å²) >= 11 is 1.41. The second kappa shape index (κ2) is 8.56. The van der Waals surface area contributed by atoms with Crippen LogP contribution in [0.5, 0.6) is 5.75 Å². The van der Waals surface area contributed by atoms with Crippen LogP contribution >= 0.6 is 23.7 Å². The first kappa shape index (κ1) is 15.4. The number of aldehydes is 1. The zero-order valence-corrected chi connectivity index (χ0v) is 11.3. The van der Waals surface area contributed by atoms with Gasteiger partial charge in [0.15, 0.2) is 6.29 Å². The summed E-state index contributed by atoms with van der Waals surface area (Å²) in [6.07, 6.45) is 0.849. The summed E-state index contributed by atoms with van der Waals surface area (Å²) in [5.74, 6) is 0.800. The lowest BCUT2D eigenvalue weighted by Gasteiger charge is -2.17. The van der Waals surface area contributed by atoms with Crippen molar-refractivity contribution in [2.24, 2.45) is 0 Å². The third kappa shape index (κ3) is 4.96. The molecule has 1 heterocycles. The molecule has 0 amide bonds. The van der Waals surface area contributed by atoms with Gasteiger partial charge in [0.25, 0.3) is 0 Å². The van der Waals surface area contributed by atoms with E-state index in [4.69, 9.17) is 4.74 Å². The van der Waals surface area contributed by atoms with Gasteiger partial charge in [-0.25, -0.2) is 0 Å². The van der Waals surface area contributed by atoms with E-state index in [1.54, 1.807) is 6.07 Å². The molecular formula is C11H18ClNO2S. The Labute approximate surface area is 107 Å². The molecule has 1 aromatic heterocycles. The monoisotopic (exact) mass is 263 g/mol. The van der Waals surface area contributed by atoms with E-state index in [9.17, 15) is 4.79 Å². The van der Waals surface area contributed by atoms with Gasteiger partial charge in [-0.3, -0.25) is 4.79 Å². The van der Waals surface area contributed by atoms with Crippen LogP contribution < -0.4 is 4.74 Å². The molecule has 0 radical (unpaired) electrons. The summed E-state index contributed by atoms with van der Waals surface area (Å²) in [5.41, 5.74) is 0. The first-order valence-corrected chi connectivity index (χ1v) is 6.07. The maximum Gasteiger partial charge on any atom is 0.160 e. The normalized spacial score (nSPS) is 9.94. The molecule has 0 atom stereocenters. The molecule has 0 saturated carbocycles. The highest BCUT2D eigenvalue weighted by Gasteiger charge is 2.01. The lowest BCUT2D eigenvalue weighted by atomic mass is 10.4. The average Bonchev–Trinajstić information content (AvgIpc) is 2.72. The molecule has 0 aliphatic carbocycles. The number of carbonyl (C=O) groups is 1. The number of likely N-dealkylation sites (N-methyl/N-ethyl adjacent to an activating group) is 1. The maximum absolute atomic E-state index is 10.4. The zero-order chi connectivity index (χ0) is 11.1. The number of halogens is 1. The minimum absolute atomic E-state index is 0. The highest BCUT2D eigenvalue weighted by atomic mass is 35.5. The Morgan fingerprint density at radius 1 is 1.44 bits per heavy atom. The second-order valence-corrected chi connectivity index (χ2v) is 4.12. The number of nitrogens with zero attached hydrogens (tertiary/aromatic N) is 1. The molecule has 0 saturated heterocycles.